The molecule has 3 aromatic rings. The maximum Gasteiger partial charge on any atom is 0.274 e. The van der Waals surface area contributed by atoms with Gasteiger partial charge in [0.25, 0.3) is 5.91 Å². The fourth-order valence-electron chi connectivity index (χ4n) is 3.65. The van der Waals surface area contributed by atoms with Gasteiger partial charge in [-0.15, -0.1) is 0 Å². The van der Waals surface area contributed by atoms with E-state index in [0.717, 1.165) is 35.6 Å². The minimum atomic E-state index is -0.0584. The van der Waals surface area contributed by atoms with Crippen LogP contribution in [0, 0.1) is 6.92 Å². The van der Waals surface area contributed by atoms with Crippen molar-refractivity contribution in [1.29, 1.82) is 0 Å². The van der Waals surface area contributed by atoms with Crippen molar-refractivity contribution < 1.29 is 14.3 Å². The average Bonchev–Trinajstić information content (AvgIpc) is 3.36. The Morgan fingerprint density at radius 3 is 2.60 bits per heavy atom. The summed E-state index contributed by atoms with van der Waals surface area (Å²) in [6.45, 7) is 4.78. The highest BCUT2D eigenvalue weighted by atomic mass is 16.7. The first kappa shape index (κ1) is 20.0. The largest absolute Gasteiger partial charge is 0.454 e. The van der Waals surface area contributed by atoms with E-state index < -0.39 is 0 Å². The lowest BCUT2D eigenvalue weighted by Gasteiger charge is -2.29. The summed E-state index contributed by atoms with van der Waals surface area (Å²) >= 11 is 0. The second-order valence-corrected chi connectivity index (χ2v) is 7.79. The van der Waals surface area contributed by atoms with Crippen LogP contribution < -0.4 is 9.47 Å². The standard InChI is InChI=1S/C24H27N3O3/c1-17(9-10-19-7-5-4-6-8-19)27(24(28)21-13-18(2)26(3)25-21)15-20-11-12-22-23(14-20)30-16-29-22/h4-8,11-14,17H,9-10,15-16H2,1-3H3/t17-/m1/s1. The molecule has 1 atom stereocenters. The SMILES string of the molecule is Cc1cc(C(=O)N(Cc2ccc3c(c2)OCO3)[C@H](C)CCc2ccccc2)nn1C. The van der Waals surface area contributed by atoms with E-state index in [1.54, 1.807) is 4.68 Å². The van der Waals surface area contributed by atoms with E-state index in [4.69, 9.17) is 9.47 Å². The van der Waals surface area contributed by atoms with Crippen LogP contribution in [0.2, 0.25) is 0 Å². The zero-order valence-corrected chi connectivity index (χ0v) is 17.7. The van der Waals surface area contributed by atoms with Crippen molar-refractivity contribution in [2.24, 2.45) is 7.05 Å². The van der Waals surface area contributed by atoms with Gasteiger partial charge in [0, 0.05) is 25.3 Å². The van der Waals surface area contributed by atoms with Crippen LogP contribution >= 0.6 is 0 Å². The molecule has 1 aliphatic rings. The summed E-state index contributed by atoms with van der Waals surface area (Å²) in [6, 6.07) is 18.1. The van der Waals surface area contributed by atoms with Gasteiger partial charge in [0.15, 0.2) is 17.2 Å². The van der Waals surface area contributed by atoms with Crippen LogP contribution in [0.5, 0.6) is 11.5 Å². The second kappa shape index (κ2) is 8.61. The minimum Gasteiger partial charge on any atom is -0.454 e. The predicted octanol–water partition coefficient (Wildman–Crippen LogP) is 4.12. The third-order valence-electron chi connectivity index (χ3n) is 5.61. The zero-order chi connectivity index (χ0) is 21.1. The quantitative estimate of drug-likeness (QED) is 0.593. The monoisotopic (exact) mass is 405 g/mol. The predicted molar refractivity (Wildman–Crippen MR) is 115 cm³/mol. The third kappa shape index (κ3) is 4.32. The number of benzene rings is 2. The third-order valence-corrected chi connectivity index (χ3v) is 5.61. The average molecular weight is 405 g/mol. The number of hydrogen-bond donors (Lipinski definition) is 0. The van der Waals surface area contributed by atoms with Gasteiger partial charge in [-0.25, -0.2) is 0 Å². The molecule has 2 heterocycles. The Bertz CT molecular complexity index is 1010. The molecule has 0 saturated carbocycles. The molecule has 0 spiro atoms. The highest BCUT2D eigenvalue weighted by molar-refractivity contribution is 5.92. The van der Waals surface area contributed by atoms with Gasteiger partial charge in [-0.1, -0.05) is 36.4 Å². The molecular formula is C24H27N3O3. The first-order valence-electron chi connectivity index (χ1n) is 10.3. The molecule has 1 amide bonds. The van der Waals surface area contributed by atoms with E-state index in [1.807, 2.05) is 61.3 Å². The summed E-state index contributed by atoms with van der Waals surface area (Å²) < 4.78 is 12.7. The van der Waals surface area contributed by atoms with E-state index in [2.05, 4.69) is 24.2 Å². The Morgan fingerprint density at radius 2 is 1.87 bits per heavy atom. The number of aromatic nitrogens is 2. The van der Waals surface area contributed by atoms with Gasteiger partial charge in [0.1, 0.15) is 0 Å². The molecule has 4 rings (SSSR count). The van der Waals surface area contributed by atoms with E-state index in [9.17, 15) is 4.79 Å². The van der Waals surface area contributed by atoms with E-state index in [1.165, 1.54) is 5.56 Å². The van der Waals surface area contributed by atoms with Crippen molar-refractivity contribution in [1.82, 2.24) is 14.7 Å². The van der Waals surface area contributed by atoms with Gasteiger partial charge >= 0.3 is 0 Å². The molecule has 0 unspecified atom stereocenters. The number of hydrogen-bond acceptors (Lipinski definition) is 4. The van der Waals surface area contributed by atoms with E-state index in [-0.39, 0.29) is 18.7 Å². The van der Waals surface area contributed by atoms with Crippen molar-refractivity contribution in [2.45, 2.75) is 39.3 Å². The topological polar surface area (TPSA) is 56.6 Å². The molecule has 6 heteroatoms. The highest BCUT2D eigenvalue weighted by Crippen LogP contribution is 2.33. The maximum atomic E-state index is 13.4. The van der Waals surface area contributed by atoms with Gasteiger partial charge < -0.3 is 14.4 Å². The van der Waals surface area contributed by atoms with Crippen LogP contribution in [0.1, 0.15) is 40.7 Å². The Balaban J connectivity index is 1.55. The molecule has 1 aromatic heterocycles. The number of amides is 1. The summed E-state index contributed by atoms with van der Waals surface area (Å²) in [5.74, 6) is 1.41. The number of fused-ring (bicyclic) bond motifs is 1. The number of ether oxygens (including phenoxy) is 2. The molecule has 0 radical (unpaired) electrons. The summed E-state index contributed by atoms with van der Waals surface area (Å²) in [5, 5.41) is 4.41. The molecule has 2 aromatic carbocycles. The number of carbonyl (C=O) groups excluding carboxylic acids is 1. The first-order valence-corrected chi connectivity index (χ1v) is 10.3. The summed E-state index contributed by atoms with van der Waals surface area (Å²) in [5.41, 5.74) is 3.71. The first-order chi connectivity index (χ1) is 14.5. The van der Waals surface area contributed by atoms with Crippen molar-refractivity contribution in [3.8, 4) is 11.5 Å². The number of carbonyl (C=O) groups is 1. The minimum absolute atomic E-state index is 0.0467. The molecule has 0 bridgehead atoms. The molecular weight excluding hydrogens is 378 g/mol. The second-order valence-electron chi connectivity index (χ2n) is 7.79. The van der Waals surface area contributed by atoms with E-state index >= 15 is 0 Å². The fourth-order valence-corrected chi connectivity index (χ4v) is 3.65. The molecule has 1 aliphatic heterocycles. The molecule has 156 valence electrons. The smallest absolute Gasteiger partial charge is 0.274 e. The van der Waals surface area contributed by atoms with E-state index in [0.29, 0.717) is 12.2 Å². The maximum absolute atomic E-state index is 13.4. The van der Waals surface area contributed by atoms with Gasteiger partial charge in [-0.05, 0) is 56.0 Å². The lowest BCUT2D eigenvalue weighted by atomic mass is 10.0. The van der Waals surface area contributed by atoms with Crippen molar-refractivity contribution in [3.63, 3.8) is 0 Å². The zero-order valence-electron chi connectivity index (χ0n) is 17.7. The van der Waals surface area contributed by atoms with Gasteiger partial charge in [0.05, 0.1) is 0 Å². The summed E-state index contributed by atoms with van der Waals surface area (Å²) in [6.07, 6.45) is 1.78. The van der Waals surface area contributed by atoms with Crippen LogP contribution in [0.3, 0.4) is 0 Å². The molecule has 0 fully saturated rings. The van der Waals surface area contributed by atoms with Crippen molar-refractivity contribution in [3.05, 3.63) is 77.1 Å². The molecule has 0 N–H and O–H groups in total. The lowest BCUT2D eigenvalue weighted by molar-refractivity contribution is 0.0660. The molecule has 6 nitrogen and oxygen atoms in total. The number of rotatable bonds is 7. The van der Waals surface area contributed by atoms with Crippen molar-refractivity contribution in [2.75, 3.05) is 6.79 Å². The Hall–Kier alpha value is -3.28. The Labute approximate surface area is 177 Å². The number of nitrogens with zero attached hydrogens (tertiary/aromatic N) is 3. The lowest BCUT2D eigenvalue weighted by Crippen LogP contribution is -2.38. The fraction of sp³-hybridized carbons (Fsp3) is 0.333. The number of aryl methyl sites for hydroxylation is 3. The van der Waals surface area contributed by atoms with Crippen LogP contribution in [0.15, 0.2) is 54.6 Å². The normalized spacial score (nSPS) is 13.3. The Kier molecular flexibility index (Phi) is 5.74. The Morgan fingerprint density at radius 1 is 1.10 bits per heavy atom. The summed E-state index contributed by atoms with van der Waals surface area (Å²) in [7, 11) is 1.85. The van der Waals surface area contributed by atoms with Crippen LogP contribution in [-0.4, -0.2) is 33.4 Å². The van der Waals surface area contributed by atoms with Crippen LogP contribution in [0.25, 0.3) is 0 Å². The highest BCUT2D eigenvalue weighted by Gasteiger charge is 2.25. The van der Waals surface area contributed by atoms with Crippen molar-refractivity contribution >= 4 is 5.91 Å². The van der Waals surface area contributed by atoms with Crippen LogP contribution in [0.4, 0.5) is 0 Å². The summed E-state index contributed by atoms with van der Waals surface area (Å²) in [4.78, 5) is 15.3. The van der Waals surface area contributed by atoms with Crippen LogP contribution in [-0.2, 0) is 20.0 Å². The molecule has 0 aliphatic carbocycles. The molecule has 0 saturated heterocycles. The van der Waals surface area contributed by atoms with Gasteiger partial charge in [-0.2, -0.15) is 5.10 Å². The van der Waals surface area contributed by atoms with Gasteiger partial charge in [0.2, 0.25) is 6.79 Å². The molecule has 30 heavy (non-hydrogen) atoms. The van der Waals surface area contributed by atoms with Gasteiger partial charge in [-0.3, -0.25) is 9.48 Å².